The number of hydrogen-bond donors (Lipinski definition) is 1. The first kappa shape index (κ1) is 7.30. The predicted molar refractivity (Wildman–Crippen MR) is 51.6 cm³/mol. The summed E-state index contributed by atoms with van der Waals surface area (Å²) in [7, 11) is 0. The van der Waals surface area contributed by atoms with Gasteiger partial charge in [-0.15, -0.1) is 0 Å². The lowest BCUT2D eigenvalue weighted by atomic mass is 10.4. The highest BCUT2D eigenvalue weighted by molar-refractivity contribution is 14.1. The van der Waals surface area contributed by atoms with Crippen molar-refractivity contribution in [3.05, 3.63) is 21.1 Å². The highest BCUT2D eigenvalue weighted by Gasteiger charge is 2.02. The molecule has 0 spiro atoms. The summed E-state index contributed by atoms with van der Waals surface area (Å²) in [6.07, 6.45) is 1.60. The van der Waals surface area contributed by atoms with E-state index in [-0.39, 0.29) is 0 Å². The maximum atomic E-state index is 5.83. The Balaban J connectivity index is 2.86. The maximum Gasteiger partial charge on any atom is 0.178 e. The maximum absolute atomic E-state index is 5.83. The number of nitrogens with zero attached hydrogens (tertiary/aromatic N) is 2. The monoisotopic (exact) mass is 279 g/mol. The number of rotatable bonds is 0. The van der Waals surface area contributed by atoms with E-state index in [2.05, 4.69) is 37.5 Å². The number of nitrogens with one attached hydrogen (secondary N) is 1. The van der Waals surface area contributed by atoms with E-state index in [0.29, 0.717) is 10.7 Å². The number of aromatic amines is 1. The Bertz CT molecular complexity index is 362. The zero-order valence-electron chi connectivity index (χ0n) is 5.31. The molecule has 3 nitrogen and oxygen atoms in total. The van der Waals surface area contributed by atoms with Crippen molar-refractivity contribution in [2.75, 3.05) is 0 Å². The fraction of sp³-hybridized carbons (Fsp3) is 0. The predicted octanol–water partition coefficient (Wildman–Crippen LogP) is 2.22. The van der Waals surface area contributed by atoms with E-state index in [4.69, 9.17) is 11.6 Å². The van der Waals surface area contributed by atoms with Crippen molar-refractivity contribution in [1.29, 1.82) is 0 Å². The molecule has 0 saturated carbocycles. The van der Waals surface area contributed by atoms with Crippen LogP contribution >= 0.6 is 34.2 Å². The summed E-state index contributed by atoms with van der Waals surface area (Å²) in [6, 6.07) is 1.82. The molecule has 56 valence electrons. The lowest BCUT2D eigenvalue weighted by molar-refractivity contribution is 1.28. The second kappa shape index (κ2) is 2.60. The molecule has 2 aromatic rings. The van der Waals surface area contributed by atoms with Crippen LogP contribution in [0.2, 0.25) is 5.02 Å². The first-order chi connectivity index (χ1) is 5.27. The number of aromatic nitrogens is 3. The zero-order chi connectivity index (χ0) is 7.84. The minimum Gasteiger partial charge on any atom is -0.343 e. The Kier molecular flexibility index (Phi) is 1.72. The van der Waals surface area contributed by atoms with E-state index < -0.39 is 0 Å². The van der Waals surface area contributed by atoms with Crippen molar-refractivity contribution in [1.82, 2.24) is 15.0 Å². The molecule has 0 atom stereocenters. The smallest absolute Gasteiger partial charge is 0.178 e. The molecule has 0 aromatic carbocycles. The van der Waals surface area contributed by atoms with Crippen LogP contribution in [-0.2, 0) is 0 Å². The number of pyridine rings is 1. The summed E-state index contributed by atoms with van der Waals surface area (Å²) >= 11 is 7.90. The third-order valence-corrected chi connectivity index (χ3v) is 2.75. The van der Waals surface area contributed by atoms with E-state index >= 15 is 0 Å². The van der Waals surface area contributed by atoms with Gasteiger partial charge in [0.2, 0.25) is 0 Å². The number of halogens is 2. The second-order valence-electron chi connectivity index (χ2n) is 2.03. The second-order valence-corrected chi connectivity index (χ2v) is 3.46. The average Bonchev–Trinajstić information content (AvgIpc) is 2.36. The molecule has 0 aliphatic rings. The molecule has 0 aliphatic heterocycles. The van der Waals surface area contributed by atoms with Gasteiger partial charge in [-0.05, 0) is 28.7 Å². The van der Waals surface area contributed by atoms with Crippen molar-refractivity contribution < 1.29 is 0 Å². The van der Waals surface area contributed by atoms with Crippen LogP contribution in [0.4, 0.5) is 0 Å². The van der Waals surface area contributed by atoms with Crippen LogP contribution in [0.5, 0.6) is 0 Å². The van der Waals surface area contributed by atoms with Crippen molar-refractivity contribution in [2.45, 2.75) is 0 Å². The Morgan fingerprint density at radius 1 is 1.55 bits per heavy atom. The van der Waals surface area contributed by atoms with Crippen LogP contribution in [0, 0.1) is 3.70 Å². The van der Waals surface area contributed by atoms with Crippen molar-refractivity contribution in [3.63, 3.8) is 0 Å². The molecule has 1 N–H and O–H groups in total. The summed E-state index contributed by atoms with van der Waals surface area (Å²) in [5.41, 5.74) is 1.58. The van der Waals surface area contributed by atoms with Gasteiger partial charge in [0.1, 0.15) is 3.70 Å². The van der Waals surface area contributed by atoms with E-state index in [1.54, 1.807) is 6.33 Å². The van der Waals surface area contributed by atoms with Crippen molar-refractivity contribution in [3.8, 4) is 0 Å². The molecule has 0 unspecified atom stereocenters. The minimum atomic E-state index is 0.655. The van der Waals surface area contributed by atoms with Crippen LogP contribution in [0.15, 0.2) is 12.4 Å². The standard InChI is InChI=1S/C6H3ClIN3/c7-3-1-4-6(10-2-9-4)11-5(3)8/h1-2H,(H,9,10,11). The van der Waals surface area contributed by atoms with Gasteiger partial charge in [0, 0.05) is 0 Å². The summed E-state index contributed by atoms with van der Waals surface area (Å²) in [4.78, 5) is 11.1. The Morgan fingerprint density at radius 3 is 3.18 bits per heavy atom. The van der Waals surface area contributed by atoms with Crippen molar-refractivity contribution in [2.24, 2.45) is 0 Å². The molecule has 0 fully saturated rings. The van der Waals surface area contributed by atoms with Gasteiger partial charge in [0.25, 0.3) is 0 Å². The van der Waals surface area contributed by atoms with Gasteiger partial charge in [0.05, 0.1) is 16.9 Å². The number of hydrogen-bond acceptors (Lipinski definition) is 2. The Labute approximate surface area is 81.3 Å². The molecule has 2 aromatic heterocycles. The summed E-state index contributed by atoms with van der Waals surface area (Å²) in [6.45, 7) is 0. The van der Waals surface area contributed by atoms with Gasteiger partial charge >= 0.3 is 0 Å². The van der Waals surface area contributed by atoms with Gasteiger partial charge in [-0.1, -0.05) is 11.6 Å². The molecule has 0 radical (unpaired) electrons. The van der Waals surface area contributed by atoms with Gasteiger partial charge in [-0.25, -0.2) is 9.97 Å². The van der Waals surface area contributed by atoms with E-state index in [0.717, 1.165) is 9.22 Å². The summed E-state index contributed by atoms with van der Waals surface area (Å²) in [5, 5.41) is 0.655. The molecule has 5 heteroatoms. The number of fused-ring (bicyclic) bond motifs is 1. The molecule has 2 heterocycles. The molecule has 2 rings (SSSR count). The van der Waals surface area contributed by atoms with Gasteiger partial charge < -0.3 is 4.98 Å². The van der Waals surface area contributed by atoms with Crippen LogP contribution in [-0.4, -0.2) is 15.0 Å². The first-order valence-electron chi connectivity index (χ1n) is 2.92. The summed E-state index contributed by atoms with van der Waals surface area (Å²) < 4.78 is 0.781. The highest BCUT2D eigenvalue weighted by Crippen LogP contribution is 2.19. The first-order valence-corrected chi connectivity index (χ1v) is 4.38. The Morgan fingerprint density at radius 2 is 2.36 bits per heavy atom. The molecule has 0 amide bonds. The molecule has 0 bridgehead atoms. The Hall–Kier alpha value is -0.360. The van der Waals surface area contributed by atoms with E-state index in [1.807, 2.05) is 6.07 Å². The molecular weight excluding hydrogens is 276 g/mol. The fourth-order valence-electron chi connectivity index (χ4n) is 0.825. The number of imidazole rings is 1. The third kappa shape index (κ3) is 1.20. The van der Waals surface area contributed by atoms with Crippen LogP contribution in [0.25, 0.3) is 11.2 Å². The van der Waals surface area contributed by atoms with Gasteiger partial charge in [-0.3, -0.25) is 0 Å². The lowest BCUT2D eigenvalue weighted by Gasteiger charge is -1.92. The molecular formula is C6H3ClIN3. The normalized spacial score (nSPS) is 10.7. The summed E-state index contributed by atoms with van der Waals surface area (Å²) in [5.74, 6) is 0. The van der Waals surface area contributed by atoms with Crippen LogP contribution in [0.3, 0.4) is 0 Å². The minimum absolute atomic E-state index is 0.655. The molecule has 0 aliphatic carbocycles. The van der Waals surface area contributed by atoms with Crippen LogP contribution < -0.4 is 0 Å². The van der Waals surface area contributed by atoms with Gasteiger partial charge in [0.15, 0.2) is 5.65 Å². The third-order valence-electron chi connectivity index (χ3n) is 1.32. The highest BCUT2D eigenvalue weighted by atomic mass is 127. The average molecular weight is 279 g/mol. The van der Waals surface area contributed by atoms with Crippen molar-refractivity contribution >= 4 is 45.4 Å². The molecule has 0 saturated heterocycles. The van der Waals surface area contributed by atoms with Gasteiger partial charge in [-0.2, -0.15) is 0 Å². The largest absolute Gasteiger partial charge is 0.343 e. The van der Waals surface area contributed by atoms with E-state index in [1.165, 1.54) is 0 Å². The topological polar surface area (TPSA) is 41.6 Å². The molecule has 11 heavy (non-hydrogen) atoms. The lowest BCUT2D eigenvalue weighted by Crippen LogP contribution is -1.82. The quantitative estimate of drug-likeness (QED) is 0.593. The van der Waals surface area contributed by atoms with Crippen LogP contribution in [0.1, 0.15) is 0 Å². The fourth-order valence-corrected chi connectivity index (χ4v) is 1.36. The SMILES string of the molecule is Clc1cc2[nH]cnc2nc1I. The zero-order valence-corrected chi connectivity index (χ0v) is 8.22. The number of H-pyrrole nitrogens is 1. The van der Waals surface area contributed by atoms with E-state index in [9.17, 15) is 0 Å².